The minimum atomic E-state index is 0.764. The smallest absolute Gasteiger partial charge is 0.0406 e. The van der Waals surface area contributed by atoms with Gasteiger partial charge in [-0.3, -0.25) is 0 Å². The Morgan fingerprint density at radius 1 is 0.944 bits per heavy atom. The number of fused-ring (bicyclic) bond motifs is 1. The van der Waals surface area contributed by atoms with Crippen LogP contribution in [-0.2, 0) is 0 Å². The number of hydrogen-bond donors (Lipinski definition) is 0. The number of rotatable bonds is 1. The van der Waals surface area contributed by atoms with Crippen molar-refractivity contribution in [3.8, 4) is 11.1 Å². The second-order valence-electron chi connectivity index (χ2n) is 4.38. The van der Waals surface area contributed by atoms with Gasteiger partial charge in [-0.15, -0.1) is 0 Å². The Labute approximate surface area is 112 Å². The van der Waals surface area contributed by atoms with Crippen molar-refractivity contribution >= 4 is 22.4 Å². The summed E-state index contributed by atoms with van der Waals surface area (Å²) < 4.78 is 0. The third-order valence-electron chi connectivity index (χ3n) is 3.18. The van der Waals surface area contributed by atoms with Crippen LogP contribution in [0.3, 0.4) is 0 Å². The molecular weight excluding hydrogens is 240 g/mol. The molecule has 18 heavy (non-hydrogen) atoms. The molecule has 3 rings (SSSR count). The van der Waals surface area contributed by atoms with Gasteiger partial charge in [-0.1, -0.05) is 48.0 Å². The maximum atomic E-state index is 5.95. The summed E-state index contributed by atoms with van der Waals surface area (Å²) in [6.07, 6.45) is 0. The molecule has 0 aliphatic heterocycles. The molecule has 0 aromatic heterocycles. The van der Waals surface area contributed by atoms with E-state index in [9.17, 15) is 0 Å². The summed E-state index contributed by atoms with van der Waals surface area (Å²) in [4.78, 5) is 0. The molecule has 87 valence electrons. The van der Waals surface area contributed by atoms with Gasteiger partial charge in [0.15, 0.2) is 0 Å². The quantitative estimate of drug-likeness (QED) is 0.553. The molecule has 0 fully saturated rings. The van der Waals surface area contributed by atoms with Gasteiger partial charge >= 0.3 is 0 Å². The molecule has 0 N–H and O–H groups in total. The molecule has 0 saturated heterocycles. The lowest BCUT2D eigenvalue weighted by Crippen LogP contribution is -1.86. The summed E-state index contributed by atoms with van der Waals surface area (Å²) in [5, 5.41) is 3.24. The van der Waals surface area contributed by atoms with Crippen LogP contribution in [0.5, 0.6) is 0 Å². The van der Waals surface area contributed by atoms with Gasteiger partial charge in [0.1, 0.15) is 0 Å². The molecule has 0 aliphatic rings. The van der Waals surface area contributed by atoms with E-state index in [1.165, 1.54) is 21.9 Å². The Balaban J connectivity index is 2.33. The van der Waals surface area contributed by atoms with Crippen LogP contribution < -0.4 is 0 Å². The molecule has 0 amide bonds. The minimum Gasteiger partial charge on any atom is -0.0843 e. The van der Waals surface area contributed by atoms with Gasteiger partial charge in [-0.05, 0) is 58.7 Å². The summed E-state index contributed by atoms with van der Waals surface area (Å²) in [7, 11) is 0. The van der Waals surface area contributed by atoms with Crippen LogP contribution >= 0.6 is 11.6 Å². The average molecular weight is 252 g/mol. The van der Waals surface area contributed by atoms with Crippen LogP contribution in [0.15, 0.2) is 54.6 Å². The van der Waals surface area contributed by atoms with Gasteiger partial charge in [-0.25, -0.2) is 0 Å². The highest BCUT2D eigenvalue weighted by Gasteiger charge is 2.06. The topological polar surface area (TPSA) is 0 Å². The standard InChI is InChI=1S/C17H12Cl/c1-12-6-7-13-4-2-3-5-16(13)17(12)14-8-10-15(18)11-9-14/h2-5,7-11H,1H3. The largest absolute Gasteiger partial charge is 0.0843 e. The fourth-order valence-electron chi connectivity index (χ4n) is 2.30. The van der Waals surface area contributed by atoms with Crippen molar-refractivity contribution in [2.75, 3.05) is 0 Å². The van der Waals surface area contributed by atoms with E-state index in [0.717, 1.165) is 10.6 Å². The van der Waals surface area contributed by atoms with Gasteiger partial charge in [0.25, 0.3) is 0 Å². The third-order valence-corrected chi connectivity index (χ3v) is 3.43. The second-order valence-corrected chi connectivity index (χ2v) is 4.82. The van der Waals surface area contributed by atoms with Crippen molar-refractivity contribution in [2.45, 2.75) is 6.92 Å². The van der Waals surface area contributed by atoms with E-state index >= 15 is 0 Å². The predicted octanol–water partition coefficient (Wildman–Crippen LogP) is 5.27. The zero-order valence-electron chi connectivity index (χ0n) is 10.1. The van der Waals surface area contributed by atoms with Gasteiger partial charge in [0.2, 0.25) is 0 Å². The summed E-state index contributed by atoms with van der Waals surface area (Å²) in [6.45, 7) is 2.09. The Morgan fingerprint density at radius 2 is 1.67 bits per heavy atom. The van der Waals surface area contributed by atoms with Crippen LogP contribution in [0.25, 0.3) is 21.9 Å². The van der Waals surface area contributed by atoms with Gasteiger partial charge in [0, 0.05) is 5.02 Å². The summed E-state index contributed by atoms with van der Waals surface area (Å²) in [5.74, 6) is 0. The van der Waals surface area contributed by atoms with E-state index in [0.29, 0.717) is 0 Å². The van der Waals surface area contributed by atoms with Crippen LogP contribution in [-0.4, -0.2) is 0 Å². The van der Waals surface area contributed by atoms with Crippen LogP contribution in [0.1, 0.15) is 5.56 Å². The van der Waals surface area contributed by atoms with Crippen LogP contribution in [0.2, 0.25) is 5.02 Å². The van der Waals surface area contributed by atoms with E-state index < -0.39 is 0 Å². The zero-order valence-corrected chi connectivity index (χ0v) is 10.8. The number of aryl methyl sites for hydroxylation is 1. The van der Waals surface area contributed by atoms with E-state index in [1.54, 1.807) is 0 Å². The molecule has 0 aliphatic carbocycles. The Morgan fingerprint density at radius 3 is 2.44 bits per heavy atom. The molecule has 0 unspecified atom stereocenters. The maximum absolute atomic E-state index is 5.95. The summed E-state index contributed by atoms with van der Waals surface area (Å²) >= 11 is 5.95. The second kappa shape index (κ2) is 4.47. The lowest BCUT2D eigenvalue weighted by molar-refractivity contribution is 1.48. The normalized spacial score (nSPS) is 10.8. The molecule has 3 aromatic rings. The van der Waals surface area contributed by atoms with Gasteiger partial charge in [-0.2, -0.15) is 0 Å². The first-order valence-electron chi connectivity index (χ1n) is 5.92. The van der Waals surface area contributed by atoms with E-state index in [2.05, 4.69) is 49.4 Å². The first kappa shape index (κ1) is 11.3. The van der Waals surface area contributed by atoms with Gasteiger partial charge in [0.05, 0.1) is 0 Å². The molecule has 0 bridgehead atoms. The Kier molecular flexibility index (Phi) is 2.81. The maximum Gasteiger partial charge on any atom is 0.0406 e. The number of benzene rings is 3. The monoisotopic (exact) mass is 251 g/mol. The molecule has 1 heteroatoms. The fourth-order valence-corrected chi connectivity index (χ4v) is 2.43. The molecule has 1 radical (unpaired) electrons. The molecule has 3 aromatic carbocycles. The Bertz CT molecular complexity index is 696. The lowest BCUT2D eigenvalue weighted by Gasteiger charge is -2.10. The summed E-state index contributed by atoms with van der Waals surface area (Å²) in [6, 6.07) is 21.7. The predicted molar refractivity (Wildman–Crippen MR) is 78.0 cm³/mol. The lowest BCUT2D eigenvalue weighted by atomic mass is 9.94. The fraction of sp³-hybridized carbons (Fsp3) is 0.0588. The van der Waals surface area contributed by atoms with E-state index in [4.69, 9.17) is 11.6 Å². The highest BCUT2D eigenvalue weighted by atomic mass is 35.5. The molecule has 0 nitrogen and oxygen atoms in total. The van der Waals surface area contributed by atoms with E-state index in [-0.39, 0.29) is 0 Å². The van der Waals surface area contributed by atoms with Crippen molar-refractivity contribution in [1.29, 1.82) is 0 Å². The molecule has 0 atom stereocenters. The van der Waals surface area contributed by atoms with E-state index in [1.807, 2.05) is 18.2 Å². The minimum absolute atomic E-state index is 0.764. The first-order chi connectivity index (χ1) is 8.75. The van der Waals surface area contributed by atoms with Crippen LogP contribution in [0.4, 0.5) is 0 Å². The highest BCUT2D eigenvalue weighted by molar-refractivity contribution is 6.30. The van der Waals surface area contributed by atoms with Crippen LogP contribution in [0, 0.1) is 13.0 Å². The summed E-state index contributed by atoms with van der Waals surface area (Å²) in [5.41, 5.74) is 3.59. The molecule has 0 heterocycles. The number of halogens is 1. The highest BCUT2D eigenvalue weighted by Crippen LogP contribution is 2.32. The Hall–Kier alpha value is -1.79. The zero-order chi connectivity index (χ0) is 12.5. The van der Waals surface area contributed by atoms with Crippen molar-refractivity contribution in [3.63, 3.8) is 0 Å². The molecule has 0 saturated carbocycles. The van der Waals surface area contributed by atoms with Crippen molar-refractivity contribution < 1.29 is 0 Å². The van der Waals surface area contributed by atoms with Gasteiger partial charge < -0.3 is 0 Å². The third kappa shape index (κ3) is 1.89. The van der Waals surface area contributed by atoms with Crippen molar-refractivity contribution in [2.24, 2.45) is 0 Å². The average Bonchev–Trinajstić information content (AvgIpc) is 2.40. The number of hydrogen-bond acceptors (Lipinski definition) is 0. The first-order valence-corrected chi connectivity index (χ1v) is 6.29. The molecular formula is C17H12Cl. The van der Waals surface area contributed by atoms with Crippen molar-refractivity contribution in [1.82, 2.24) is 0 Å². The molecule has 0 spiro atoms. The SMILES string of the molecule is Cc1[c]cc2ccccc2c1-c1ccc(Cl)cc1. The van der Waals surface area contributed by atoms with Crippen molar-refractivity contribution in [3.05, 3.63) is 71.2 Å².